The standard InChI is InChI=1S/C2H5NO2.CH4N2O/c1-5-2(3)4;2-1(3)4/h1H3,(H2,3,4);(H4,2,3,4). The molecule has 6 nitrogen and oxygen atoms in total. The molecule has 0 aliphatic rings. The number of primary amides is 3. The lowest BCUT2D eigenvalue weighted by molar-refractivity contribution is 0.182. The molecule has 0 aliphatic carbocycles. The van der Waals surface area contributed by atoms with Gasteiger partial charge in [0.25, 0.3) is 0 Å². The Hall–Kier alpha value is -1.46. The van der Waals surface area contributed by atoms with E-state index in [0.29, 0.717) is 0 Å². The van der Waals surface area contributed by atoms with Crippen molar-refractivity contribution in [3.8, 4) is 0 Å². The number of carbonyl (C=O) groups is 2. The number of hydrogen-bond donors (Lipinski definition) is 3. The highest BCUT2D eigenvalue weighted by molar-refractivity contribution is 5.69. The lowest BCUT2D eigenvalue weighted by atomic mass is 11.2. The molecule has 0 fully saturated rings. The third kappa shape index (κ3) is 462. The average Bonchev–Trinajstić information content (AvgIpc) is 1.65. The van der Waals surface area contributed by atoms with E-state index in [0.717, 1.165) is 0 Å². The van der Waals surface area contributed by atoms with Gasteiger partial charge in [0.15, 0.2) is 0 Å². The zero-order valence-electron chi connectivity index (χ0n) is 4.96. The fraction of sp³-hybridized carbons (Fsp3) is 0.333. The first-order valence-electron chi connectivity index (χ1n) is 1.89. The largest absolute Gasteiger partial charge is 0.453 e. The van der Waals surface area contributed by atoms with Gasteiger partial charge in [-0.25, -0.2) is 9.59 Å². The molecule has 0 saturated heterocycles. The third-order valence-corrected chi connectivity index (χ3v) is 0.201. The molecule has 0 unspecified atom stereocenters. The van der Waals surface area contributed by atoms with E-state index in [1.54, 1.807) is 0 Å². The summed E-state index contributed by atoms with van der Waals surface area (Å²) in [6.45, 7) is 0. The van der Waals surface area contributed by atoms with Gasteiger partial charge in [-0.2, -0.15) is 0 Å². The summed E-state index contributed by atoms with van der Waals surface area (Å²) in [4.78, 5) is 18.4. The van der Waals surface area contributed by atoms with E-state index in [2.05, 4.69) is 21.9 Å². The molecule has 0 aromatic heterocycles. The number of amides is 3. The average molecular weight is 135 g/mol. The van der Waals surface area contributed by atoms with E-state index in [-0.39, 0.29) is 0 Å². The minimum atomic E-state index is -0.833. The molecular formula is C3H9N3O3. The molecule has 0 rings (SSSR count). The highest BCUT2D eigenvalue weighted by Crippen LogP contribution is 1.55. The molecule has 0 saturated carbocycles. The Bertz CT molecular complexity index is 98.5. The summed E-state index contributed by atoms with van der Waals surface area (Å²) < 4.78 is 3.89. The molecule has 0 spiro atoms. The van der Waals surface area contributed by atoms with Crippen LogP contribution in [0.5, 0.6) is 0 Å². The van der Waals surface area contributed by atoms with E-state index < -0.39 is 12.1 Å². The molecule has 0 atom stereocenters. The molecule has 6 heteroatoms. The maximum absolute atomic E-state index is 9.37. The van der Waals surface area contributed by atoms with Gasteiger partial charge < -0.3 is 21.9 Å². The van der Waals surface area contributed by atoms with Crippen molar-refractivity contribution in [2.75, 3.05) is 7.11 Å². The smallest absolute Gasteiger partial charge is 0.404 e. The predicted octanol–water partition coefficient (Wildman–Crippen LogP) is -1.26. The van der Waals surface area contributed by atoms with Gasteiger partial charge in [-0.15, -0.1) is 0 Å². The molecule has 0 bridgehead atoms. The summed E-state index contributed by atoms with van der Waals surface area (Å²) in [5, 5.41) is 0. The number of urea groups is 1. The van der Waals surface area contributed by atoms with Crippen LogP contribution in [0.25, 0.3) is 0 Å². The van der Waals surface area contributed by atoms with Crippen molar-refractivity contribution in [2.45, 2.75) is 0 Å². The van der Waals surface area contributed by atoms with Gasteiger partial charge in [-0.05, 0) is 0 Å². The van der Waals surface area contributed by atoms with E-state index in [1.807, 2.05) is 0 Å². The summed E-state index contributed by atoms with van der Waals surface area (Å²) >= 11 is 0. The van der Waals surface area contributed by atoms with Crippen LogP contribution in [-0.2, 0) is 4.74 Å². The van der Waals surface area contributed by atoms with Crippen molar-refractivity contribution >= 4 is 12.1 Å². The highest BCUT2D eigenvalue weighted by Gasteiger charge is 1.76. The third-order valence-electron chi connectivity index (χ3n) is 0.201. The van der Waals surface area contributed by atoms with Gasteiger partial charge in [0.2, 0.25) is 0 Å². The highest BCUT2D eigenvalue weighted by atomic mass is 16.5. The van der Waals surface area contributed by atoms with Gasteiger partial charge in [0.05, 0.1) is 7.11 Å². The fourth-order valence-corrected chi connectivity index (χ4v) is 0. The van der Waals surface area contributed by atoms with Crippen LogP contribution in [0.4, 0.5) is 9.59 Å². The van der Waals surface area contributed by atoms with Gasteiger partial charge in [0.1, 0.15) is 0 Å². The Labute approximate surface area is 51.9 Å². The van der Waals surface area contributed by atoms with Crippen LogP contribution < -0.4 is 17.2 Å². The number of rotatable bonds is 0. The Kier molecular flexibility index (Phi) is 7.64. The molecule has 0 aliphatic heterocycles. The molecule has 54 valence electrons. The normalized spacial score (nSPS) is 6.33. The van der Waals surface area contributed by atoms with Crippen LogP contribution in [0.15, 0.2) is 0 Å². The molecule has 0 aromatic rings. The Morgan fingerprint density at radius 3 is 1.33 bits per heavy atom. The summed E-state index contributed by atoms with van der Waals surface area (Å²) in [5.74, 6) is 0. The Balaban J connectivity index is 0. The second kappa shape index (κ2) is 6.54. The maximum Gasteiger partial charge on any atom is 0.404 e. The van der Waals surface area contributed by atoms with Crippen LogP contribution in [-0.4, -0.2) is 19.2 Å². The minimum absolute atomic E-state index is 0.745. The van der Waals surface area contributed by atoms with Gasteiger partial charge in [0, 0.05) is 0 Å². The summed E-state index contributed by atoms with van der Waals surface area (Å²) in [6, 6.07) is -0.833. The summed E-state index contributed by atoms with van der Waals surface area (Å²) in [5.41, 5.74) is 12.9. The molecule has 0 aromatic carbocycles. The SMILES string of the molecule is COC(N)=O.NC(N)=O. The predicted molar refractivity (Wildman–Crippen MR) is 30.4 cm³/mol. The number of ether oxygens (including phenoxy) is 1. The van der Waals surface area contributed by atoms with Gasteiger partial charge >= 0.3 is 12.1 Å². The minimum Gasteiger partial charge on any atom is -0.453 e. The van der Waals surface area contributed by atoms with E-state index >= 15 is 0 Å². The van der Waals surface area contributed by atoms with Crippen LogP contribution in [0, 0.1) is 0 Å². The fourth-order valence-electron chi connectivity index (χ4n) is 0. The Morgan fingerprint density at radius 2 is 1.33 bits per heavy atom. The molecular weight excluding hydrogens is 126 g/mol. The van der Waals surface area contributed by atoms with Crippen LogP contribution >= 0.6 is 0 Å². The molecule has 3 amide bonds. The number of carbonyl (C=O) groups excluding carboxylic acids is 2. The molecule has 9 heavy (non-hydrogen) atoms. The summed E-state index contributed by atoms with van der Waals surface area (Å²) in [6.07, 6.45) is -0.745. The van der Waals surface area contributed by atoms with Crippen molar-refractivity contribution in [3.63, 3.8) is 0 Å². The van der Waals surface area contributed by atoms with Crippen molar-refractivity contribution < 1.29 is 14.3 Å². The van der Waals surface area contributed by atoms with Crippen LogP contribution in [0.1, 0.15) is 0 Å². The van der Waals surface area contributed by atoms with Crippen LogP contribution in [0.3, 0.4) is 0 Å². The van der Waals surface area contributed by atoms with Crippen molar-refractivity contribution in [1.29, 1.82) is 0 Å². The maximum atomic E-state index is 9.37. The van der Waals surface area contributed by atoms with Crippen molar-refractivity contribution in [3.05, 3.63) is 0 Å². The lowest BCUT2D eigenvalue weighted by Crippen LogP contribution is -2.18. The first-order valence-corrected chi connectivity index (χ1v) is 1.89. The van der Waals surface area contributed by atoms with E-state index in [4.69, 9.17) is 4.79 Å². The zero-order chi connectivity index (χ0) is 7.86. The molecule has 6 N–H and O–H groups in total. The van der Waals surface area contributed by atoms with E-state index in [1.165, 1.54) is 7.11 Å². The first-order chi connectivity index (χ1) is 4.00. The molecule has 0 radical (unpaired) electrons. The Morgan fingerprint density at radius 1 is 1.22 bits per heavy atom. The monoisotopic (exact) mass is 135 g/mol. The molecule has 0 heterocycles. The van der Waals surface area contributed by atoms with Crippen molar-refractivity contribution in [1.82, 2.24) is 0 Å². The zero-order valence-corrected chi connectivity index (χ0v) is 4.96. The second-order valence-corrected chi connectivity index (χ2v) is 0.926. The summed E-state index contributed by atoms with van der Waals surface area (Å²) in [7, 11) is 1.22. The first kappa shape index (κ1) is 10.5. The number of methoxy groups -OCH3 is 1. The van der Waals surface area contributed by atoms with Gasteiger partial charge in [-0.3, -0.25) is 0 Å². The number of hydrogen-bond acceptors (Lipinski definition) is 3. The quantitative estimate of drug-likeness (QED) is 0.384. The van der Waals surface area contributed by atoms with Crippen molar-refractivity contribution in [2.24, 2.45) is 17.2 Å². The topological polar surface area (TPSA) is 121 Å². The number of nitrogens with two attached hydrogens (primary N) is 3. The second-order valence-electron chi connectivity index (χ2n) is 0.926. The van der Waals surface area contributed by atoms with E-state index in [9.17, 15) is 4.79 Å². The lowest BCUT2D eigenvalue weighted by Gasteiger charge is -1.81. The van der Waals surface area contributed by atoms with Gasteiger partial charge in [-0.1, -0.05) is 0 Å². The van der Waals surface area contributed by atoms with Crippen LogP contribution in [0.2, 0.25) is 0 Å².